The highest BCUT2D eigenvalue weighted by Gasteiger charge is 2.11. The van der Waals surface area contributed by atoms with E-state index in [9.17, 15) is 4.79 Å². The Hall–Kier alpha value is -2.76. The Morgan fingerprint density at radius 1 is 1.26 bits per heavy atom. The van der Waals surface area contributed by atoms with Gasteiger partial charge in [-0.25, -0.2) is 0 Å². The second-order valence-corrected chi connectivity index (χ2v) is 4.05. The Kier molecular flexibility index (Phi) is 2.68. The molecule has 94 valence electrons. The lowest BCUT2D eigenvalue weighted by atomic mass is 10.2. The number of amides is 1. The number of anilines is 1. The molecule has 0 aliphatic heterocycles. The summed E-state index contributed by atoms with van der Waals surface area (Å²) in [7, 11) is 1.66. The maximum Gasteiger partial charge on any atom is 0.277 e. The summed E-state index contributed by atoms with van der Waals surface area (Å²) >= 11 is 0. The van der Waals surface area contributed by atoms with Crippen molar-refractivity contribution in [3.8, 4) is 0 Å². The first kappa shape index (κ1) is 11.3. The zero-order chi connectivity index (χ0) is 13.2. The van der Waals surface area contributed by atoms with E-state index in [1.807, 2.05) is 30.3 Å². The van der Waals surface area contributed by atoms with Crippen molar-refractivity contribution in [1.82, 2.24) is 20.0 Å². The van der Waals surface area contributed by atoms with Crippen LogP contribution in [0, 0.1) is 0 Å². The SMILES string of the molecule is Cn1ncc(C(=O)Nc2cccc3cccnc23)n1. The van der Waals surface area contributed by atoms with Gasteiger partial charge in [0.1, 0.15) is 0 Å². The predicted octanol–water partition coefficient (Wildman–Crippen LogP) is 1.62. The lowest BCUT2D eigenvalue weighted by Gasteiger charge is -2.06. The fourth-order valence-electron chi connectivity index (χ4n) is 1.84. The van der Waals surface area contributed by atoms with Gasteiger partial charge in [0.05, 0.1) is 17.4 Å². The standard InChI is InChI=1S/C13H11N5O/c1-18-15-8-11(17-18)13(19)16-10-6-2-4-9-5-3-7-14-12(9)10/h2-8H,1H3,(H,16,19). The molecule has 3 aromatic rings. The summed E-state index contributed by atoms with van der Waals surface area (Å²) in [5.74, 6) is -0.300. The van der Waals surface area contributed by atoms with E-state index >= 15 is 0 Å². The minimum Gasteiger partial charge on any atom is -0.319 e. The maximum atomic E-state index is 12.0. The second-order valence-electron chi connectivity index (χ2n) is 4.05. The Balaban J connectivity index is 1.95. The van der Waals surface area contributed by atoms with E-state index in [0.717, 1.165) is 10.9 Å². The molecule has 0 saturated carbocycles. The molecule has 19 heavy (non-hydrogen) atoms. The molecule has 0 aliphatic carbocycles. The Morgan fingerprint density at radius 3 is 2.89 bits per heavy atom. The van der Waals surface area contributed by atoms with E-state index in [0.29, 0.717) is 5.69 Å². The van der Waals surface area contributed by atoms with Gasteiger partial charge >= 0.3 is 0 Å². The van der Waals surface area contributed by atoms with Crippen LogP contribution >= 0.6 is 0 Å². The van der Waals surface area contributed by atoms with Gasteiger partial charge in [-0.2, -0.15) is 9.90 Å². The number of aryl methyl sites for hydroxylation is 1. The Bertz CT molecular complexity index is 744. The van der Waals surface area contributed by atoms with Gasteiger partial charge in [-0.3, -0.25) is 9.78 Å². The highest BCUT2D eigenvalue weighted by molar-refractivity contribution is 6.07. The van der Waals surface area contributed by atoms with Crippen molar-refractivity contribution in [2.75, 3.05) is 5.32 Å². The van der Waals surface area contributed by atoms with Crippen molar-refractivity contribution in [3.05, 3.63) is 48.4 Å². The van der Waals surface area contributed by atoms with E-state index in [1.54, 1.807) is 13.2 Å². The molecule has 1 N–H and O–H groups in total. The molecule has 6 nitrogen and oxygen atoms in total. The van der Waals surface area contributed by atoms with Crippen LogP contribution in [0.1, 0.15) is 10.5 Å². The number of rotatable bonds is 2. The van der Waals surface area contributed by atoms with Gasteiger partial charge in [0, 0.05) is 18.6 Å². The molecule has 0 bridgehead atoms. The number of nitrogens with zero attached hydrogens (tertiary/aromatic N) is 4. The number of nitrogens with one attached hydrogen (secondary N) is 1. The van der Waals surface area contributed by atoms with Crippen molar-refractivity contribution in [1.29, 1.82) is 0 Å². The molecule has 0 aliphatic rings. The van der Waals surface area contributed by atoms with Crippen molar-refractivity contribution in [2.45, 2.75) is 0 Å². The molecular weight excluding hydrogens is 242 g/mol. The average Bonchev–Trinajstić information content (AvgIpc) is 2.86. The van der Waals surface area contributed by atoms with Gasteiger partial charge in [0.2, 0.25) is 0 Å². The fraction of sp³-hybridized carbons (Fsp3) is 0.0769. The Labute approximate surface area is 109 Å². The molecule has 2 aromatic heterocycles. The van der Waals surface area contributed by atoms with Crippen molar-refractivity contribution in [2.24, 2.45) is 7.05 Å². The normalized spacial score (nSPS) is 10.6. The molecule has 0 fully saturated rings. The lowest BCUT2D eigenvalue weighted by Crippen LogP contribution is -2.13. The molecule has 0 radical (unpaired) electrons. The minimum absolute atomic E-state index is 0.274. The predicted molar refractivity (Wildman–Crippen MR) is 70.7 cm³/mol. The van der Waals surface area contributed by atoms with Gasteiger partial charge in [-0.15, -0.1) is 5.10 Å². The van der Waals surface area contributed by atoms with Crippen LogP contribution < -0.4 is 5.32 Å². The lowest BCUT2D eigenvalue weighted by molar-refractivity contribution is 0.102. The first-order valence-electron chi connectivity index (χ1n) is 5.75. The van der Waals surface area contributed by atoms with Gasteiger partial charge < -0.3 is 5.32 Å². The Morgan fingerprint density at radius 2 is 2.11 bits per heavy atom. The van der Waals surface area contributed by atoms with E-state index in [4.69, 9.17) is 0 Å². The average molecular weight is 253 g/mol. The summed E-state index contributed by atoms with van der Waals surface area (Å²) < 4.78 is 0. The maximum absolute atomic E-state index is 12.0. The van der Waals surface area contributed by atoms with Gasteiger partial charge in [0.25, 0.3) is 5.91 Å². The molecule has 2 heterocycles. The highest BCUT2D eigenvalue weighted by Crippen LogP contribution is 2.20. The summed E-state index contributed by atoms with van der Waals surface area (Å²) in [5, 5.41) is 11.6. The number of pyridine rings is 1. The minimum atomic E-state index is -0.300. The molecule has 1 aromatic carbocycles. The molecule has 0 saturated heterocycles. The van der Waals surface area contributed by atoms with E-state index in [2.05, 4.69) is 20.5 Å². The third kappa shape index (κ3) is 2.15. The summed E-state index contributed by atoms with van der Waals surface area (Å²) in [4.78, 5) is 17.6. The third-order valence-corrected chi connectivity index (χ3v) is 2.71. The van der Waals surface area contributed by atoms with Crippen LogP contribution in [-0.4, -0.2) is 25.9 Å². The van der Waals surface area contributed by atoms with Crippen LogP contribution in [0.15, 0.2) is 42.7 Å². The number of benzene rings is 1. The van der Waals surface area contributed by atoms with Crippen molar-refractivity contribution in [3.63, 3.8) is 0 Å². The van der Waals surface area contributed by atoms with Crippen molar-refractivity contribution < 1.29 is 4.79 Å². The van der Waals surface area contributed by atoms with Gasteiger partial charge in [-0.05, 0) is 12.1 Å². The monoisotopic (exact) mass is 253 g/mol. The number of hydrogen-bond acceptors (Lipinski definition) is 4. The number of carbonyl (C=O) groups excluding carboxylic acids is 1. The summed E-state index contributed by atoms with van der Waals surface area (Å²) in [6, 6.07) is 9.43. The van der Waals surface area contributed by atoms with Crippen LogP contribution in [-0.2, 0) is 7.05 Å². The highest BCUT2D eigenvalue weighted by atomic mass is 16.2. The summed E-state index contributed by atoms with van der Waals surface area (Å²) in [6.07, 6.45) is 3.12. The smallest absolute Gasteiger partial charge is 0.277 e. The molecule has 0 unspecified atom stereocenters. The van der Waals surface area contributed by atoms with E-state index in [-0.39, 0.29) is 11.6 Å². The van der Waals surface area contributed by atoms with Crippen LogP contribution in [0.25, 0.3) is 10.9 Å². The largest absolute Gasteiger partial charge is 0.319 e. The second kappa shape index (κ2) is 4.49. The topological polar surface area (TPSA) is 72.7 Å². The number of aromatic nitrogens is 4. The molecule has 3 rings (SSSR count). The summed E-state index contributed by atoms with van der Waals surface area (Å²) in [5.41, 5.74) is 1.69. The molecular formula is C13H11N5O. The van der Waals surface area contributed by atoms with E-state index < -0.39 is 0 Å². The zero-order valence-electron chi connectivity index (χ0n) is 10.2. The molecule has 1 amide bonds. The van der Waals surface area contributed by atoms with Crippen LogP contribution in [0.2, 0.25) is 0 Å². The number of hydrogen-bond donors (Lipinski definition) is 1. The fourth-order valence-corrected chi connectivity index (χ4v) is 1.84. The van der Waals surface area contributed by atoms with Gasteiger partial charge in [-0.1, -0.05) is 18.2 Å². The van der Waals surface area contributed by atoms with Gasteiger partial charge in [0.15, 0.2) is 5.69 Å². The molecule has 6 heteroatoms. The molecule has 0 spiro atoms. The van der Waals surface area contributed by atoms with Crippen LogP contribution in [0.5, 0.6) is 0 Å². The zero-order valence-corrected chi connectivity index (χ0v) is 10.2. The number of fused-ring (bicyclic) bond motifs is 1. The molecule has 0 atom stereocenters. The quantitative estimate of drug-likeness (QED) is 0.753. The number of carbonyl (C=O) groups is 1. The van der Waals surface area contributed by atoms with Crippen molar-refractivity contribution >= 4 is 22.5 Å². The first-order valence-corrected chi connectivity index (χ1v) is 5.75. The third-order valence-electron chi connectivity index (χ3n) is 2.71. The summed E-state index contributed by atoms with van der Waals surface area (Å²) in [6.45, 7) is 0. The first-order chi connectivity index (χ1) is 9.24. The van der Waals surface area contributed by atoms with Crippen LogP contribution in [0.3, 0.4) is 0 Å². The van der Waals surface area contributed by atoms with E-state index in [1.165, 1.54) is 11.0 Å². The number of para-hydroxylation sites is 1. The van der Waals surface area contributed by atoms with Crippen LogP contribution in [0.4, 0.5) is 5.69 Å².